The van der Waals surface area contributed by atoms with Crippen LogP contribution in [-0.4, -0.2) is 10.6 Å². The Balaban J connectivity index is 2.76. The Labute approximate surface area is 101 Å². The van der Waals surface area contributed by atoms with Gasteiger partial charge in [-0.25, -0.2) is 0 Å². The maximum Gasteiger partial charge on any atom is 0.254 e. The number of para-hydroxylation sites is 1. The molecule has 1 atom stereocenters. The summed E-state index contributed by atoms with van der Waals surface area (Å²) >= 11 is 0. The third-order valence-corrected chi connectivity index (χ3v) is 3.06. The first-order valence-corrected chi connectivity index (χ1v) is 5.84. The number of hydrogen-bond acceptors (Lipinski definition) is 2. The second-order valence-corrected chi connectivity index (χ2v) is 4.73. The highest BCUT2D eigenvalue weighted by atomic mass is 16.1. The van der Waals surface area contributed by atoms with Crippen molar-refractivity contribution in [3.8, 4) is 0 Å². The minimum atomic E-state index is 0.00459. The smallest absolute Gasteiger partial charge is 0.254 e. The van der Waals surface area contributed by atoms with Gasteiger partial charge in [0.05, 0.1) is 5.52 Å². The summed E-state index contributed by atoms with van der Waals surface area (Å²) in [6.45, 7) is 3.94. The number of rotatable bonds is 2. The molecule has 1 aromatic heterocycles. The van der Waals surface area contributed by atoms with Crippen LogP contribution in [0.5, 0.6) is 0 Å². The minimum absolute atomic E-state index is 0.00459. The maximum absolute atomic E-state index is 12.2. The van der Waals surface area contributed by atoms with E-state index in [2.05, 4.69) is 0 Å². The molecule has 0 fully saturated rings. The number of aromatic nitrogens is 1. The van der Waals surface area contributed by atoms with Gasteiger partial charge in [0.15, 0.2) is 0 Å². The highest BCUT2D eigenvalue weighted by Crippen LogP contribution is 2.17. The summed E-state index contributed by atoms with van der Waals surface area (Å²) in [6, 6.07) is 8.04. The molecule has 2 rings (SSSR count). The van der Waals surface area contributed by atoms with Crippen LogP contribution in [-0.2, 0) is 13.5 Å². The summed E-state index contributed by atoms with van der Waals surface area (Å²) in [5.41, 5.74) is 8.75. The maximum atomic E-state index is 12.2. The molecule has 0 bridgehead atoms. The third kappa shape index (κ3) is 2.11. The van der Waals surface area contributed by atoms with E-state index in [4.69, 9.17) is 5.73 Å². The highest BCUT2D eigenvalue weighted by Gasteiger charge is 2.09. The molecule has 17 heavy (non-hydrogen) atoms. The lowest BCUT2D eigenvalue weighted by Gasteiger charge is -2.12. The molecule has 2 N–H and O–H groups in total. The summed E-state index contributed by atoms with van der Waals surface area (Å²) in [5.74, 6) is 0. The van der Waals surface area contributed by atoms with Crippen LogP contribution < -0.4 is 11.3 Å². The van der Waals surface area contributed by atoms with Crippen molar-refractivity contribution < 1.29 is 0 Å². The first kappa shape index (κ1) is 11.9. The zero-order valence-corrected chi connectivity index (χ0v) is 10.5. The lowest BCUT2D eigenvalue weighted by molar-refractivity contribution is 0.722. The number of aryl methyl sites for hydroxylation is 2. The van der Waals surface area contributed by atoms with Gasteiger partial charge in [-0.15, -0.1) is 0 Å². The van der Waals surface area contributed by atoms with Crippen LogP contribution in [0.3, 0.4) is 0 Å². The fourth-order valence-electron chi connectivity index (χ4n) is 2.32. The van der Waals surface area contributed by atoms with E-state index in [0.29, 0.717) is 6.42 Å². The van der Waals surface area contributed by atoms with Gasteiger partial charge in [0, 0.05) is 18.7 Å². The molecule has 0 aliphatic heterocycles. The molecule has 1 aromatic carbocycles. The Bertz CT molecular complexity index is 611. The number of fused-ring (bicyclic) bond motifs is 1. The number of benzene rings is 1. The minimum Gasteiger partial charge on any atom is -0.328 e. The van der Waals surface area contributed by atoms with E-state index in [9.17, 15) is 4.79 Å². The molecule has 0 saturated carbocycles. The molecular formula is C14H18N2O. The molecule has 3 heteroatoms. The van der Waals surface area contributed by atoms with Crippen LogP contribution in [0.25, 0.3) is 10.9 Å². The van der Waals surface area contributed by atoms with E-state index in [1.165, 1.54) is 0 Å². The van der Waals surface area contributed by atoms with Crippen molar-refractivity contribution >= 4 is 10.9 Å². The van der Waals surface area contributed by atoms with Gasteiger partial charge >= 0.3 is 0 Å². The molecule has 0 amide bonds. The van der Waals surface area contributed by atoms with Crippen LogP contribution in [0, 0.1) is 6.92 Å². The van der Waals surface area contributed by atoms with Gasteiger partial charge < -0.3 is 10.3 Å². The normalized spacial score (nSPS) is 12.9. The van der Waals surface area contributed by atoms with Gasteiger partial charge in [-0.1, -0.05) is 18.2 Å². The SMILES string of the molecule is Cc1cccc2cc(CC(C)N)c(=O)n(C)c12. The predicted molar refractivity (Wildman–Crippen MR) is 71.3 cm³/mol. The standard InChI is InChI=1S/C14H18N2O/c1-9-5-4-6-11-8-12(7-10(2)15)14(17)16(3)13(9)11/h4-6,8,10H,7,15H2,1-3H3. The second-order valence-electron chi connectivity index (χ2n) is 4.73. The number of pyridine rings is 1. The molecule has 0 aliphatic rings. The predicted octanol–water partition coefficient (Wildman–Crippen LogP) is 1.74. The summed E-state index contributed by atoms with van der Waals surface area (Å²) in [7, 11) is 1.82. The molecule has 0 radical (unpaired) electrons. The molecule has 0 saturated heterocycles. The average Bonchev–Trinajstić information content (AvgIpc) is 2.24. The van der Waals surface area contributed by atoms with Crippen LogP contribution in [0.1, 0.15) is 18.1 Å². The highest BCUT2D eigenvalue weighted by molar-refractivity contribution is 5.82. The molecule has 0 spiro atoms. The van der Waals surface area contributed by atoms with Crippen LogP contribution in [0.4, 0.5) is 0 Å². The molecule has 1 heterocycles. The van der Waals surface area contributed by atoms with E-state index in [0.717, 1.165) is 22.0 Å². The van der Waals surface area contributed by atoms with Crippen molar-refractivity contribution in [2.75, 3.05) is 0 Å². The lowest BCUT2D eigenvalue weighted by atomic mass is 10.0. The fourth-order valence-corrected chi connectivity index (χ4v) is 2.32. The van der Waals surface area contributed by atoms with Crippen molar-refractivity contribution in [1.29, 1.82) is 0 Å². The Kier molecular flexibility index (Phi) is 3.03. The first-order valence-electron chi connectivity index (χ1n) is 5.84. The summed E-state index contributed by atoms with van der Waals surface area (Å²) < 4.78 is 1.72. The fraction of sp³-hybridized carbons (Fsp3) is 0.357. The largest absolute Gasteiger partial charge is 0.328 e. The lowest BCUT2D eigenvalue weighted by Crippen LogP contribution is -2.27. The Morgan fingerprint density at radius 3 is 2.76 bits per heavy atom. The molecule has 1 unspecified atom stereocenters. The van der Waals surface area contributed by atoms with Crippen molar-refractivity contribution in [3.63, 3.8) is 0 Å². The van der Waals surface area contributed by atoms with Crippen LogP contribution >= 0.6 is 0 Å². The van der Waals surface area contributed by atoms with Crippen molar-refractivity contribution in [3.05, 3.63) is 45.7 Å². The van der Waals surface area contributed by atoms with Crippen LogP contribution in [0.2, 0.25) is 0 Å². The molecule has 0 aliphatic carbocycles. The van der Waals surface area contributed by atoms with Gasteiger partial charge in [-0.2, -0.15) is 0 Å². The number of nitrogens with two attached hydrogens (primary N) is 1. The van der Waals surface area contributed by atoms with Crippen molar-refractivity contribution in [2.45, 2.75) is 26.3 Å². The Morgan fingerprint density at radius 1 is 1.41 bits per heavy atom. The van der Waals surface area contributed by atoms with E-state index in [1.807, 2.05) is 45.2 Å². The summed E-state index contributed by atoms with van der Waals surface area (Å²) in [6.07, 6.45) is 0.622. The third-order valence-electron chi connectivity index (χ3n) is 3.06. The van der Waals surface area contributed by atoms with Crippen molar-refractivity contribution in [2.24, 2.45) is 12.8 Å². The van der Waals surface area contributed by atoms with Crippen LogP contribution in [0.15, 0.2) is 29.1 Å². The molecule has 2 aromatic rings. The van der Waals surface area contributed by atoms with E-state index >= 15 is 0 Å². The number of nitrogens with zero attached hydrogens (tertiary/aromatic N) is 1. The number of hydrogen-bond donors (Lipinski definition) is 1. The molecular weight excluding hydrogens is 212 g/mol. The second kappa shape index (κ2) is 4.34. The van der Waals surface area contributed by atoms with E-state index < -0.39 is 0 Å². The van der Waals surface area contributed by atoms with Gasteiger partial charge in [-0.3, -0.25) is 4.79 Å². The summed E-state index contributed by atoms with van der Waals surface area (Å²) in [4.78, 5) is 12.2. The van der Waals surface area contributed by atoms with E-state index in [1.54, 1.807) is 4.57 Å². The molecule has 90 valence electrons. The molecule has 3 nitrogen and oxygen atoms in total. The first-order chi connectivity index (χ1) is 8.00. The van der Waals surface area contributed by atoms with Gasteiger partial charge in [0.25, 0.3) is 5.56 Å². The summed E-state index contributed by atoms with van der Waals surface area (Å²) in [5, 5.41) is 1.10. The monoisotopic (exact) mass is 230 g/mol. The zero-order valence-electron chi connectivity index (χ0n) is 10.5. The Hall–Kier alpha value is -1.61. The van der Waals surface area contributed by atoms with Gasteiger partial charge in [0.2, 0.25) is 0 Å². The van der Waals surface area contributed by atoms with Crippen molar-refractivity contribution in [1.82, 2.24) is 4.57 Å². The van der Waals surface area contributed by atoms with Gasteiger partial charge in [-0.05, 0) is 37.3 Å². The van der Waals surface area contributed by atoms with Gasteiger partial charge in [0.1, 0.15) is 0 Å². The topological polar surface area (TPSA) is 48.0 Å². The average molecular weight is 230 g/mol. The quantitative estimate of drug-likeness (QED) is 0.854. The zero-order chi connectivity index (χ0) is 12.6. The Morgan fingerprint density at radius 2 is 2.12 bits per heavy atom. The van der Waals surface area contributed by atoms with E-state index in [-0.39, 0.29) is 11.6 Å².